The molecule has 4 nitrogen and oxygen atoms in total. The number of aryl methyl sites for hydroxylation is 1. The van der Waals surface area contributed by atoms with E-state index in [0.717, 1.165) is 0 Å². The molecule has 21 heavy (non-hydrogen) atoms. The van der Waals surface area contributed by atoms with Crippen molar-refractivity contribution in [2.45, 2.75) is 18.4 Å². The van der Waals surface area contributed by atoms with Crippen LogP contribution in [-0.2, 0) is 16.8 Å². The molecule has 2 heterocycles. The van der Waals surface area contributed by atoms with E-state index in [1.807, 2.05) is 4.57 Å². The van der Waals surface area contributed by atoms with E-state index in [9.17, 15) is 14.7 Å². The fourth-order valence-corrected chi connectivity index (χ4v) is 2.92. The maximum Gasteiger partial charge on any atom is 0.323 e. The van der Waals surface area contributed by atoms with Crippen LogP contribution >= 0.6 is 0 Å². The molecular weight excluding hydrogens is 266 g/mol. The summed E-state index contributed by atoms with van der Waals surface area (Å²) < 4.78 is 1.82. The van der Waals surface area contributed by atoms with Crippen molar-refractivity contribution < 1.29 is 14.7 Å². The number of nitrogens with zero attached hydrogens (tertiary/aromatic N) is 1. The summed E-state index contributed by atoms with van der Waals surface area (Å²) in [5.41, 5.74) is 0.0686. The predicted octanol–water partition coefficient (Wildman–Crippen LogP) is 2.08. The van der Waals surface area contributed by atoms with Gasteiger partial charge in [-0.2, -0.15) is 0 Å². The Balaban J connectivity index is 2.09. The van der Waals surface area contributed by atoms with Crippen LogP contribution in [0.3, 0.4) is 0 Å². The highest BCUT2D eigenvalue weighted by molar-refractivity contribution is 6.16. The van der Waals surface area contributed by atoms with Crippen LogP contribution in [0.4, 0.5) is 0 Å². The van der Waals surface area contributed by atoms with E-state index in [0.29, 0.717) is 23.4 Å². The SMILES string of the molecule is C#Cc1ccc(C(=O)C2(C(=O)O)CCn3cccc32)cc1. The molecule has 1 aromatic heterocycles. The zero-order valence-corrected chi connectivity index (χ0v) is 11.2. The molecule has 1 N–H and O–H groups in total. The van der Waals surface area contributed by atoms with Crippen LogP contribution in [0.1, 0.15) is 28.0 Å². The number of hydrogen-bond donors (Lipinski definition) is 1. The Labute approximate surface area is 122 Å². The summed E-state index contributed by atoms with van der Waals surface area (Å²) in [6.45, 7) is 0.531. The first-order valence-corrected chi connectivity index (χ1v) is 6.60. The second-order valence-electron chi connectivity index (χ2n) is 5.10. The summed E-state index contributed by atoms with van der Waals surface area (Å²) in [6, 6.07) is 9.95. The summed E-state index contributed by atoms with van der Waals surface area (Å²) in [5.74, 6) is 0.977. The van der Waals surface area contributed by atoms with Gasteiger partial charge in [0.2, 0.25) is 0 Å². The van der Waals surface area contributed by atoms with E-state index < -0.39 is 17.2 Å². The molecule has 1 atom stereocenters. The van der Waals surface area contributed by atoms with Crippen molar-refractivity contribution in [1.29, 1.82) is 0 Å². The maximum absolute atomic E-state index is 12.8. The summed E-state index contributed by atoms with van der Waals surface area (Å²) in [5, 5.41) is 9.69. The zero-order valence-electron chi connectivity index (χ0n) is 11.2. The van der Waals surface area contributed by atoms with Crippen LogP contribution in [0.15, 0.2) is 42.6 Å². The predicted molar refractivity (Wildman–Crippen MR) is 77.1 cm³/mol. The second kappa shape index (κ2) is 4.64. The first-order valence-electron chi connectivity index (χ1n) is 6.60. The third-order valence-corrected chi connectivity index (χ3v) is 4.06. The first-order chi connectivity index (χ1) is 10.1. The third-order valence-electron chi connectivity index (χ3n) is 4.06. The molecule has 3 rings (SSSR count). The molecule has 0 spiro atoms. The monoisotopic (exact) mass is 279 g/mol. The highest BCUT2D eigenvalue weighted by Gasteiger charge is 2.52. The number of aliphatic carboxylic acids is 1. The smallest absolute Gasteiger partial charge is 0.323 e. The molecule has 1 aliphatic rings. The van der Waals surface area contributed by atoms with Crippen molar-refractivity contribution in [2.75, 3.05) is 0 Å². The van der Waals surface area contributed by atoms with Crippen molar-refractivity contribution >= 4 is 11.8 Å². The molecule has 1 aromatic carbocycles. The number of carbonyl (C=O) groups is 2. The minimum atomic E-state index is -1.50. The number of carboxylic acid groups (broad SMARTS) is 1. The van der Waals surface area contributed by atoms with Crippen LogP contribution in [0.25, 0.3) is 0 Å². The lowest BCUT2D eigenvalue weighted by Gasteiger charge is -2.22. The summed E-state index contributed by atoms with van der Waals surface area (Å²) in [6.07, 6.45) is 7.36. The van der Waals surface area contributed by atoms with Gasteiger partial charge in [-0.3, -0.25) is 9.59 Å². The Morgan fingerprint density at radius 3 is 2.57 bits per heavy atom. The average molecular weight is 279 g/mol. The van der Waals surface area contributed by atoms with E-state index in [2.05, 4.69) is 5.92 Å². The minimum Gasteiger partial charge on any atom is -0.480 e. The van der Waals surface area contributed by atoms with Crippen LogP contribution in [0, 0.1) is 12.3 Å². The van der Waals surface area contributed by atoms with Gasteiger partial charge in [0.05, 0.1) is 0 Å². The molecule has 0 saturated heterocycles. The van der Waals surface area contributed by atoms with Crippen molar-refractivity contribution in [1.82, 2.24) is 4.57 Å². The Morgan fingerprint density at radius 2 is 1.95 bits per heavy atom. The lowest BCUT2D eigenvalue weighted by Crippen LogP contribution is -2.42. The average Bonchev–Trinajstić information content (AvgIpc) is 3.08. The van der Waals surface area contributed by atoms with E-state index in [1.165, 1.54) is 0 Å². The van der Waals surface area contributed by atoms with E-state index >= 15 is 0 Å². The fraction of sp³-hybridized carbons (Fsp3) is 0.176. The van der Waals surface area contributed by atoms with Crippen LogP contribution in [0.2, 0.25) is 0 Å². The number of Topliss-reactive ketones (excluding diaryl/α,β-unsaturated/α-hetero) is 1. The van der Waals surface area contributed by atoms with E-state index in [1.54, 1.807) is 42.6 Å². The van der Waals surface area contributed by atoms with Gasteiger partial charge in [-0.15, -0.1) is 6.42 Å². The topological polar surface area (TPSA) is 59.3 Å². The molecule has 104 valence electrons. The molecular formula is C17H13NO3. The summed E-state index contributed by atoms with van der Waals surface area (Å²) in [7, 11) is 0. The van der Waals surface area contributed by atoms with Gasteiger partial charge in [-0.1, -0.05) is 18.1 Å². The Hall–Kier alpha value is -2.80. The summed E-state index contributed by atoms with van der Waals surface area (Å²) in [4.78, 5) is 24.7. The quantitative estimate of drug-likeness (QED) is 0.531. The van der Waals surface area contributed by atoms with Crippen LogP contribution in [-0.4, -0.2) is 21.4 Å². The first kappa shape index (κ1) is 13.2. The number of terminal acetylenes is 1. The molecule has 1 aliphatic heterocycles. The van der Waals surface area contributed by atoms with Crippen molar-refractivity contribution in [3.8, 4) is 12.3 Å². The molecule has 0 bridgehead atoms. The maximum atomic E-state index is 12.8. The number of fused-ring (bicyclic) bond motifs is 1. The van der Waals surface area contributed by atoms with Gasteiger partial charge in [-0.05, 0) is 30.7 Å². The number of carboxylic acids is 1. The van der Waals surface area contributed by atoms with Gasteiger partial charge in [0.1, 0.15) is 0 Å². The minimum absolute atomic E-state index is 0.272. The Bertz CT molecular complexity index is 764. The van der Waals surface area contributed by atoms with Crippen LogP contribution in [0.5, 0.6) is 0 Å². The van der Waals surface area contributed by atoms with Gasteiger partial charge >= 0.3 is 5.97 Å². The third kappa shape index (κ3) is 1.78. The van der Waals surface area contributed by atoms with Crippen molar-refractivity contribution in [3.63, 3.8) is 0 Å². The highest BCUT2D eigenvalue weighted by atomic mass is 16.4. The van der Waals surface area contributed by atoms with Gasteiger partial charge in [0, 0.05) is 29.6 Å². The van der Waals surface area contributed by atoms with E-state index in [4.69, 9.17) is 6.42 Å². The molecule has 0 saturated carbocycles. The molecule has 0 amide bonds. The fourth-order valence-electron chi connectivity index (χ4n) is 2.92. The molecule has 4 heteroatoms. The largest absolute Gasteiger partial charge is 0.480 e. The Kier molecular flexibility index (Phi) is 2.91. The summed E-state index contributed by atoms with van der Waals surface area (Å²) >= 11 is 0. The molecule has 0 aliphatic carbocycles. The molecule has 1 unspecified atom stereocenters. The molecule has 2 aromatic rings. The van der Waals surface area contributed by atoms with Gasteiger partial charge in [0.25, 0.3) is 0 Å². The number of hydrogen-bond acceptors (Lipinski definition) is 2. The number of aromatic nitrogens is 1. The Morgan fingerprint density at radius 1 is 1.24 bits per heavy atom. The van der Waals surface area contributed by atoms with Crippen molar-refractivity contribution in [3.05, 3.63) is 59.4 Å². The zero-order chi connectivity index (χ0) is 15.0. The number of ketones is 1. The van der Waals surface area contributed by atoms with Gasteiger partial charge in [-0.25, -0.2) is 0 Å². The highest BCUT2D eigenvalue weighted by Crippen LogP contribution is 2.38. The van der Waals surface area contributed by atoms with E-state index in [-0.39, 0.29) is 6.42 Å². The standard InChI is InChI=1S/C17H13NO3/c1-2-12-5-7-13(8-6-12)15(19)17(16(20)21)9-11-18-10-3-4-14(17)18/h1,3-8,10H,9,11H2,(H,20,21). The number of benzene rings is 1. The number of carbonyl (C=O) groups excluding carboxylic acids is 1. The molecule has 0 fully saturated rings. The normalized spacial score (nSPS) is 19.8. The lowest BCUT2D eigenvalue weighted by atomic mass is 9.76. The van der Waals surface area contributed by atoms with Gasteiger partial charge < -0.3 is 9.67 Å². The molecule has 0 radical (unpaired) electrons. The number of rotatable bonds is 3. The van der Waals surface area contributed by atoms with Gasteiger partial charge in [0.15, 0.2) is 11.2 Å². The van der Waals surface area contributed by atoms with Crippen LogP contribution < -0.4 is 0 Å². The van der Waals surface area contributed by atoms with Crippen molar-refractivity contribution in [2.24, 2.45) is 0 Å². The lowest BCUT2D eigenvalue weighted by molar-refractivity contribution is -0.141. The second-order valence-corrected chi connectivity index (χ2v) is 5.10.